The van der Waals surface area contributed by atoms with Gasteiger partial charge in [-0.3, -0.25) is 4.03 Å². The maximum atomic E-state index is 13.0. The average Bonchev–Trinajstić information content (AvgIpc) is 2.83. The zero-order chi connectivity index (χ0) is 20.6. The maximum absolute atomic E-state index is 13.0. The lowest BCUT2D eigenvalue weighted by molar-refractivity contribution is 0.0285. The Balaban J connectivity index is 3.00. The van der Waals surface area contributed by atoms with Crippen molar-refractivity contribution in [1.82, 2.24) is 4.90 Å². The number of hydrogen-bond donors (Lipinski definition) is 0. The van der Waals surface area contributed by atoms with Gasteiger partial charge in [-0.1, -0.05) is 20.8 Å². The normalized spacial score (nSPS) is 15.3. The van der Waals surface area contributed by atoms with Crippen LogP contribution in [0.5, 0.6) is 0 Å². The zero-order valence-electron chi connectivity index (χ0n) is 17.2. The summed E-state index contributed by atoms with van der Waals surface area (Å²) in [5.41, 5.74) is 0.314. The van der Waals surface area contributed by atoms with Crippen molar-refractivity contribution in [2.75, 3.05) is 7.05 Å². The van der Waals surface area contributed by atoms with E-state index in [1.165, 1.54) is 16.2 Å². The summed E-state index contributed by atoms with van der Waals surface area (Å²) >= 11 is 1.32. The number of halogens is 1. The van der Waals surface area contributed by atoms with Gasteiger partial charge in [0, 0.05) is 24.3 Å². The first kappa shape index (κ1) is 23.5. The standard InChI is InChI=1S/C17H31ClN2O3S2Si/c1-16(2,3)23-15(21)20(7)11-13-10-14(24-12-13)25(18,22)19-26(8,9)17(4,5)6/h10,12H,11H2,1-9H3. The van der Waals surface area contributed by atoms with Gasteiger partial charge in [-0.05, 0) is 55.9 Å². The molecule has 0 saturated heterocycles. The van der Waals surface area contributed by atoms with Crippen molar-refractivity contribution in [3.63, 3.8) is 0 Å². The van der Waals surface area contributed by atoms with Crippen molar-refractivity contribution in [2.45, 2.75) is 76.0 Å². The van der Waals surface area contributed by atoms with Gasteiger partial charge in [0.05, 0.1) is 0 Å². The second-order valence-electron chi connectivity index (χ2n) is 8.97. The summed E-state index contributed by atoms with van der Waals surface area (Å²) in [6.45, 7) is 16.3. The SMILES string of the molecule is CN(Cc1csc(S(=O)(Cl)=N[Si](C)(C)C(C)(C)C)c1)C(=O)OC(C)(C)C. The third kappa shape index (κ3) is 6.55. The number of amides is 1. The topological polar surface area (TPSA) is 59.0 Å². The van der Waals surface area contributed by atoms with Crippen LogP contribution in [-0.2, 0) is 20.2 Å². The third-order valence-corrected chi connectivity index (χ3v) is 14.4. The van der Waals surface area contributed by atoms with Gasteiger partial charge in [-0.25, -0.2) is 9.00 Å². The minimum atomic E-state index is -2.97. The van der Waals surface area contributed by atoms with Crippen LogP contribution in [0, 0.1) is 0 Å². The van der Waals surface area contributed by atoms with Crippen LogP contribution in [0.3, 0.4) is 0 Å². The second-order valence-corrected chi connectivity index (χ2v) is 18.1. The summed E-state index contributed by atoms with van der Waals surface area (Å²) in [7, 11) is 2.90. The van der Waals surface area contributed by atoms with Gasteiger partial charge < -0.3 is 9.64 Å². The molecule has 0 fully saturated rings. The number of nitrogens with zero attached hydrogens (tertiary/aromatic N) is 2. The van der Waals surface area contributed by atoms with Crippen molar-refractivity contribution in [3.8, 4) is 0 Å². The quantitative estimate of drug-likeness (QED) is 0.421. The molecule has 5 nitrogen and oxygen atoms in total. The Morgan fingerprint density at radius 1 is 1.31 bits per heavy atom. The molecule has 1 amide bonds. The molecule has 0 aliphatic rings. The van der Waals surface area contributed by atoms with Crippen LogP contribution in [0.2, 0.25) is 18.1 Å². The molecule has 0 aromatic carbocycles. The van der Waals surface area contributed by atoms with E-state index in [0.717, 1.165) is 5.56 Å². The van der Waals surface area contributed by atoms with Crippen LogP contribution in [0.25, 0.3) is 0 Å². The summed E-state index contributed by atoms with van der Waals surface area (Å²) in [5, 5.41) is 1.82. The first-order valence-electron chi connectivity index (χ1n) is 8.44. The summed E-state index contributed by atoms with van der Waals surface area (Å²) in [6.07, 6.45) is -0.400. The third-order valence-electron chi connectivity index (χ3n) is 4.18. The predicted molar refractivity (Wildman–Crippen MR) is 114 cm³/mol. The van der Waals surface area contributed by atoms with Crippen LogP contribution in [-0.4, -0.2) is 36.1 Å². The van der Waals surface area contributed by atoms with Crippen molar-refractivity contribution in [1.29, 1.82) is 0 Å². The molecule has 0 radical (unpaired) electrons. The Bertz CT molecular complexity index is 770. The average molecular weight is 439 g/mol. The van der Waals surface area contributed by atoms with Crippen LogP contribution >= 0.6 is 22.0 Å². The Labute approximate surface area is 167 Å². The summed E-state index contributed by atoms with van der Waals surface area (Å²) < 4.78 is 23.5. The highest BCUT2D eigenvalue weighted by Gasteiger charge is 2.37. The Morgan fingerprint density at radius 3 is 2.31 bits per heavy atom. The molecule has 1 unspecified atom stereocenters. The van der Waals surface area contributed by atoms with Gasteiger partial charge in [0.1, 0.15) is 9.81 Å². The molecule has 0 bridgehead atoms. The number of rotatable bonds is 4. The monoisotopic (exact) mass is 438 g/mol. The molecule has 9 heteroatoms. The van der Waals surface area contributed by atoms with E-state index < -0.39 is 28.9 Å². The number of carbonyl (C=O) groups excluding carboxylic acids is 1. The van der Waals surface area contributed by atoms with Crippen LogP contribution in [0.4, 0.5) is 4.79 Å². The minimum absolute atomic E-state index is 0.0401. The lowest BCUT2D eigenvalue weighted by Crippen LogP contribution is -2.35. The van der Waals surface area contributed by atoms with Crippen molar-refractivity contribution >= 4 is 45.3 Å². The lowest BCUT2D eigenvalue weighted by atomic mass is 10.2. The van der Waals surface area contributed by atoms with E-state index in [1.807, 2.05) is 26.2 Å². The van der Waals surface area contributed by atoms with E-state index >= 15 is 0 Å². The summed E-state index contributed by atoms with van der Waals surface area (Å²) in [6, 6.07) is 1.78. The number of hydrogen-bond acceptors (Lipinski definition) is 5. The molecular formula is C17H31ClN2O3S2Si. The smallest absolute Gasteiger partial charge is 0.410 e. The molecule has 1 heterocycles. The summed E-state index contributed by atoms with van der Waals surface area (Å²) in [4.78, 5) is 13.6. The highest BCUT2D eigenvalue weighted by atomic mass is 35.7. The van der Waals surface area contributed by atoms with Crippen LogP contribution < -0.4 is 0 Å². The van der Waals surface area contributed by atoms with E-state index in [4.69, 9.17) is 15.4 Å². The molecule has 0 aliphatic carbocycles. The Morgan fingerprint density at radius 2 is 1.85 bits per heavy atom. The van der Waals surface area contributed by atoms with Gasteiger partial charge in [0.2, 0.25) is 0 Å². The van der Waals surface area contributed by atoms with E-state index in [9.17, 15) is 9.00 Å². The van der Waals surface area contributed by atoms with Gasteiger partial charge in [0.25, 0.3) is 0 Å². The van der Waals surface area contributed by atoms with E-state index in [1.54, 1.807) is 13.1 Å². The molecule has 1 aromatic heterocycles. The van der Waals surface area contributed by atoms with E-state index in [2.05, 4.69) is 37.9 Å². The summed E-state index contributed by atoms with van der Waals surface area (Å²) in [5.74, 6) is 0. The second kappa shape index (κ2) is 7.81. The molecule has 150 valence electrons. The fraction of sp³-hybridized carbons (Fsp3) is 0.706. The molecule has 0 aliphatic heterocycles. The van der Waals surface area contributed by atoms with Crippen LogP contribution in [0.1, 0.15) is 47.1 Å². The fourth-order valence-corrected chi connectivity index (χ4v) is 9.42. The molecule has 1 atom stereocenters. The molecule has 1 aromatic rings. The molecule has 0 saturated carbocycles. The largest absolute Gasteiger partial charge is 0.444 e. The van der Waals surface area contributed by atoms with E-state index in [0.29, 0.717) is 10.8 Å². The van der Waals surface area contributed by atoms with Gasteiger partial charge in [-0.15, -0.1) is 11.3 Å². The Kier molecular flexibility index (Phi) is 7.05. The van der Waals surface area contributed by atoms with E-state index in [-0.39, 0.29) is 5.04 Å². The molecule has 0 N–H and O–H groups in total. The number of ether oxygens (including phenoxy) is 1. The van der Waals surface area contributed by atoms with Gasteiger partial charge in [0.15, 0.2) is 17.2 Å². The fourth-order valence-electron chi connectivity index (χ4n) is 1.72. The van der Waals surface area contributed by atoms with Crippen LogP contribution in [0.15, 0.2) is 19.7 Å². The van der Waals surface area contributed by atoms with Gasteiger partial charge >= 0.3 is 6.09 Å². The first-order valence-corrected chi connectivity index (χ1v) is 14.6. The highest BCUT2D eigenvalue weighted by Crippen LogP contribution is 2.39. The first-order chi connectivity index (χ1) is 11.4. The van der Waals surface area contributed by atoms with Crippen molar-refractivity contribution in [3.05, 3.63) is 17.0 Å². The molecular weight excluding hydrogens is 408 g/mol. The molecule has 0 spiro atoms. The number of carbonyl (C=O) groups is 1. The Hall–Kier alpha value is -0.573. The predicted octanol–water partition coefficient (Wildman–Crippen LogP) is 6.10. The molecule has 26 heavy (non-hydrogen) atoms. The number of thiophene rings is 1. The molecule has 1 rings (SSSR count). The van der Waals surface area contributed by atoms with Crippen molar-refractivity contribution in [2.24, 2.45) is 4.03 Å². The van der Waals surface area contributed by atoms with Crippen molar-refractivity contribution < 1.29 is 13.7 Å². The maximum Gasteiger partial charge on any atom is 0.410 e. The zero-order valence-corrected chi connectivity index (χ0v) is 20.6. The lowest BCUT2D eigenvalue weighted by Gasteiger charge is -2.32. The van der Waals surface area contributed by atoms with Gasteiger partial charge in [-0.2, -0.15) is 0 Å². The highest BCUT2D eigenvalue weighted by molar-refractivity contribution is 8.17. The minimum Gasteiger partial charge on any atom is -0.444 e.